The zero-order chi connectivity index (χ0) is 17.3. The molecule has 7 heteroatoms. The van der Waals surface area contributed by atoms with Crippen molar-refractivity contribution in [2.45, 2.75) is 39.7 Å². The van der Waals surface area contributed by atoms with Gasteiger partial charge in [0.25, 0.3) is 5.91 Å². The first-order valence-electron chi connectivity index (χ1n) is 8.11. The number of amides is 1. The van der Waals surface area contributed by atoms with E-state index in [9.17, 15) is 4.79 Å². The number of aryl methyl sites for hydroxylation is 2. The molecule has 0 saturated carbocycles. The van der Waals surface area contributed by atoms with Crippen LogP contribution in [0.4, 0.5) is 5.95 Å². The number of carbonyl (C=O) groups excluding carboxylic acids is 1. The van der Waals surface area contributed by atoms with Crippen LogP contribution in [-0.4, -0.2) is 29.0 Å². The number of hydrogen-bond acceptors (Lipinski definition) is 5. The van der Waals surface area contributed by atoms with Gasteiger partial charge in [-0.25, -0.2) is 9.97 Å². The fraction of sp³-hybridized carbons (Fsp3) is 0.471. The minimum atomic E-state index is -0.265. The summed E-state index contributed by atoms with van der Waals surface area (Å²) in [5.74, 6) is 0.316. The quantitative estimate of drug-likeness (QED) is 0.893. The topological polar surface area (TPSA) is 58.1 Å². The van der Waals surface area contributed by atoms with Gasteiger partial charge >= 0.3 is 0 Å². The van der Waals surface area contributed by atoms with Gasteiger partial charge < -0.3 is 10.2 Å². The summed E-state index contributed by atoms with van der Waals surface area (Å²) in [6.07, 6.45) is 3.77. The molecule has 128 valence electrons. The highest BCUT2D eigenvalue weighted by Gasteiger charge is 2.21. The molecule has 5 nitrogen and oxygen atoms in total. The average Bonchev–Trinajstić information content (AvgIpc) is 3.17. The first-order chi connectivity index (χ1) is 11.5. The molecule has 1 N–H and O–H groups in total. The van der Waals surface area contributed by atoms with Crippen LogP contribution in [-0.2, 0) is 0 Å². The van der Waals surface area contributed by atoms with E-state index in [4.69, 9.17) is 11.6 Å². The number of nitrogens with one attached hydrogen (secondary N) is 1. The van der Waals surface area contributed by atoms with E-state index in [1.165, 1.54) is 16.0 Å². The highest BCUT2D eigenvalue weighted by Crippen LogP contribution is 2.27. The van der Waals surface area contributed by atoms with Crippen LogP contribution in [0.1, 0.15) is 51.6 Å². The summed E-state index contributed by atoms with van der Waals surface area (Å²) < 4.78 is 0. The molecule has 0 bridgehead atoms. The van der Waals surface area contributed by atoms with E-state index in [0.717, 1.165) is 31.5 Å². The maximum absolute atomic E-state index is 12.6. The average molecular weight is 365 g/mol. The van der Waals surface area contributed by atoms with Crippen LogP contribution < -0.4 is 10.2 Å². The molecule has 1 aliphatic heterocycles. The van der Waals surface area contributed by atoms with Gasteiger partial charge in [-0.2, -0.15) is 0 Å². The Kier molecular flexibility index (Phi) is 5.06. The molecule has 3 rings (SSSR count). The van der Waals surface area contributed by atoms with Crippen molar-refractivity contribution in [1.29, 1.82) is 0 Å². The molecule has 1 saturated heterocycles. The molecule has 0 aromatic carbocycles. The number of rotatable bonds is 4. The van der Waals surface area contributed by atoms with Crippen LogP contribution in [0.5, 0.6) is 0 Å². The number of aromatic nitrogens is 2. The lowest BCUT2D eigenvalue weighted by Crippen LogP contribution is -2.29. The number of anilines is 1. The Bertz CT molecular complexity index is 755. The molecule has 1 atom stereocenters. The second kappa shape index (κ2) is 7.07. The van der Waals surface area contributed by atoms with E-state index >= 15 is 0 Å². The monoisotopic (exact) mass is 364 g/mol. The second-order valence-corrected chi connectivity index (χ2v) is 7.99. The fourth-order valence-corrected chi connectivity index (χ4v) is 4.21. The first-order valence-corrected chi connectivity index (χ1v) is 9.30. The van der Waals surface area contributed by atoms with Crippen molar-refractivity contribution in [2.75, 3.05) is 18.0 Å². The summed E-state index contributed by atoms with van der Waals surface area (Å²) in [4.78, 5) is 25.8. The van der Waals surface area contributed by atoms with Crippen LogP contribution in [0.3, 0.4) is 0 Å². The summed E-state index contributed by atoms with van der Waals surface area (Å²) in [7, 11) is 0. The normalized spacial score (nSPS) is 15.6. The molecule has 1 fully saturated rings. The third-order valence-electron chi connectivity index (χ3n) is 4.23. The molecule has 0 spiro atoms. The zero-order valence-electron chi connectivity index (χ0n) is 14.1. The van der Waals surface area contributed by atoms with Gasteiger partial charge in [0.15, 0.2) is 5.69 Å². The van der Waals surface area contributed by atoms with Gasteiger partial charge in [0.1, 0.15) is 0 Å². The van der Waals surface area contributed by atoms with E-state index in [-0.39, 0.29) is 22.7 Å². The van der Waals surface area contributed by atoms with E-state index in [2.05, 4.69) is 40.1 Å². The van der Waals surface area contributed by atoms with Crippen LogP contribution >= 0.6 is 22.9 Å². The third kappa shape index (κ3) is 3.54. The van der Waals surface area contributed by atoms with E-state index in [1.807, 2.05) is 6.92 Å². The van der Waals surface area contributed by atoms with E-state index in [1.54, 1.807) is 11.3 Å². The Morgan fingerprint density at radius 1 is 1.38 bits per heavy atom. The molecule has 2 aromatic heterocycles. The lowest BCUT2D eigenvalue weighted by Gasteiger charge is -2.17. The SMILES string of the molecule is Cc1cc([C@H](C)NC(=O)c2nc(N3CCCC3)ncc2Cl)c(C)s1. The predicted octanol–water partition coefficient (Wildman–Crippen LogP) is 3.90. The van der Waals surface area contributed by atoms with Gasteiger partial charge in [0.05, 0.1) is 17.3 Å². The molecule has 0 radical (unpaired) electrons. The van der Waals surface area contributed by atoms with Crippen LogP contribution in [0, 0.1) is 13.8 Å². The van der Waals surface area contributed by atoms with Crippen LogP contribution in [0.15, 0.2) is 12.3 Å². The number of thiophene rings is 1. The number of halogens is 1. The lowest BCUT2D eigenvalue weighted by atomic mass is 10.1. The maximum atomic E-state index is 12.6. The number of carbonyl (C=O) groups is 1. The summed E-state index contributed by atoms with van der Waals surface area (Å²) in [6.45, 7) is 7.96. The van der Waals surface area contributed by atoms with Gasteiger partial charge in [-0.05, 0) is 45.2 Å². The van der Waals surface area contributed by atoms with Crippen molar-refractivity contribution in [2.24, 2.45) is 0 Å². The van der Waals surface area contributed by atoms with Crippen molar-refractivity contribution >= 4 is 34.8 Å². The van der Waals surface area contributed by atoms with Gasteiger partial charge in [-0.3, -0.25) is 4.79 Å². The summed E-state index contributed by atoms with van der Waals surface area (Å²) in [6, 6.07) is 2.02. The van der Waals surface area contributed by atoms with E-state index in [0.29, 0.717) is 5.95 Å². The highest BCUT2D eigenvalue weighted by molar-refractivity contribution is 7.12. The Balaban J connectivity index is 1.79. The first kappa shape index (κ1) is 17.2. The van der Waals surface area contributed by atoms with Crippen LogP contribution in [0.2, 0.25) is 5.02 Å². The van der Waals surface area contributed by atoms with Crippen molar-refractivity contribution in [3.8, 4) is 0 Å². The van der Waals surface area contributed by atoms with Gasteiger partial charge in [0.2, 0.25) is 5.95 Å². The fourth-order valence-electron chi connectivity index (χ4n) is 3.01. The Hall–Kier alpha value is -1.66. The predicted molar refractivity (Wildman–Crippen MR) is 98.2 cm³/mol. The molecule has 3 heterocycles. The molecule has 0 aliphatic carbocycles. The highest BCUT2D eigenvalue weighted by atomic mass is 35.5. The summed E-state index contributed by atoms with van der Waals surface area (Å²) in [5, 5.41) is 3.28. The van der Waals surface area contributed by atoms with Crippen molar-refractivity contribution in [3.05, 3.63) is 38.3 Å². The van der Waals surface area contributed by atoms with Crippen LogP contribution in [0.25, 0.3) is 0 Å². The lowest BCUT2D eigenvalue weighted by molar-refractivity contribution is 0.0935. The number of nitrogens with zero attached hydrogens (tertiary/aromatic N) is 3. The smallest absolute Gasteiger partial charge is 0.272 e. The summed E-state index contributed by atoms with van der Waals surface area (Å²) in [5.41, 5.74) is 1.38. The minimum absolute atomic E-state index is 0.0938. The standard InChI is InChI=1S/C17H21ClN4OS/c1-10-8-13(12(3)24-10)11(2)20-16(23)15-14(18)9-19-17(21-15)22-6-4-5-7-22/h8-9,11H,4-7H2,1-3H3,(H,20,23)/t11-/m0/s1. The van der Waals surface area contributed by atoms with Gasteiger partial charge in [-0.1, -0.05) is 11.6 Å². The van der Waals surface area contributed by atoms with Crippen molar-refractivity contribution < 1.29 is 4.79 Å². The van der Waals surface area contributed by atoms with Crippen molar-refractivity contribution in [1.82, 2.24) is 15.3 Å². The molecule has 24 heavy (non-hydrogen) atoms. The Morgan fingerprint density at radius 3 is 2.71 bits per heavy atom. The molecule has 1 amide bonds. The summed E-state index contributed by atoms with van der Waals surface area (Å²) >= 11 is 7.89. The minimum Gasteiger partial charge on any atom is -0.344 e. The second-order valence-electron chi connectivity index (χ2n) is 6.12. The molecule has 2 aromatic rings. The zero-order valence-corrected chi connectivity index (χ0v) is 15.7. The molecule has 0 unspecified atom stereocenters. The van der Waals surface area contributed by atoms with Crippen molar-refractivity contribution in [3.63, 3.8) is 0 Å². The Morgan fingerprint density at radius 2 is 2.08 bits per heavy atom. The van der Waals surface area contributed by atoms with Gasteiger partial charge in [0, 0.05) is 22.8 Å². The Labute approximate surface area is 151 Å². The molecular formula is C17H21ClN4OS. The molecular weight excluding hydrogens is 344 g/mol. The third-order valence-corrected chi connectivity index (χ3v) is 5.49. The number of hydrogen-bond donors (Lipinski definition) is 1. The maximum Gasteiger partial charge on any atom is 0.272 e. The largest absolute Gasteiger partial charge is 0.344 e. The van der Waals surface area contributed by atoms with E-state index < -0.39 is 0 Å². The molecule has 1 aliphatic rings. The van der Waals surface area contributed by atoms with Gasteiger partial charge in [-0.15, -0.1) is 11.3 Å².